The van der Waals surface area contributed by atoms with E-state index in [1.165, 1.54) is 24.3 Å². The summed E-state index contributed by atoms with van der Waals surface area (Å²) in [5, 5.41) is 4.97. The fraction of sp³-hybridized carbons (Fsp3) is 0.118. The van der Waals surface area contributed by atoms with E-state index < -0.39 is 17.8 Å². The van der Waals surface area contributed by atoms with E-state index in [9.17, 15) is 14.4 Å². The van der Waals surface area contributed by atoms with Crippen molar-refractivity contribution in [1.82, 2.24) is 0 Å². The fourth-order valence-electron chi connectivity index (χ4n) is 1.81. The van der Waals surface area contributed by atoms with Crippen LogP contribution in [0.25, 0.3) is 0 Å². The van der Waals surface area contributed by atoms with E-state index >= 15 is 0 Å². The SMILES string of the molecule is CCOC(=O)c1ccc(NC(=O)C(=O)Nc2ccc(I)cc2)cc1. The summed E-state index contributed by atoms with van der Waals surface area (Å²) in [6, 6.07) is 13.2. The number of nitrogens with one attached hydrogen (secondary N) is 2. The number of amides is 2. The number of anilines is 2. The number of carbonyl (C=O) groups excluding carboxylic acids is 3. The predicted molar refractivity (Wildman–Crippen MR) is 98.8 cm³/mol. The molecule has 0 saturated carbocycles. The third-order valence-electron chi connectivity index (χ3n) is 2.96. The number of halogens is 1. The first kappa shape index (κ1) is 17.9. The molecule has 2 aromatic rings. The van der Waals surface area contributed by atoms with Gasteiger partial charge in [-0.2, -0.15) is 0 Å². The van der Waals surface area contributed by atoms with Gasteiger partial charge < -0.3 is 15.4 Å². The van der Waals surface area contributed by atoms with Crippen LogP contribution in [0.1, 0.15) is 17.3 Å². The Kier molecular flexibility index (Phi) is 6.30. The zero-order valence-corrected chi connectivity index (χ0v) is 15.0. The summed E-state index contributed by atoms with van der Waals surface area (Å²) in [7, 11) is 0. The minimum atomic E-state index is -0.794. The third kappa shape index (κ3) is 5.05. The number of hydrogen-bond donors (Lipinski definition) is 2. The number of hydrogen-bond acceptors (Lipinski definition) is 4. The third-order valence-corrected chi connectivity index (χ3v) is 3.68. The summed E-state index contributed by atoms with van der Waals surface area (Å²) in [4.78, 5) is 35.3. The Balaban J connectivity index is 1.94. The molecule has 0 fully saturated rings. The molecule has 0 radical (unpaired) electrons. The Morgan fingerprint density at radius 1 is 0.875 bits per heavy atom. The maximum absolute atomic E-state index is 11.9. The van der Waals surface area contributed by atoms with Crippen molar-refractivity contribution in [2.75, 3.05) is 17.2 Å². The Labute approximate surface area is 152 Å². The van der Waals surface area contributed by atoms with Crippen molar-refractivity contribution in [2.24, 2.45) is 0 Å². The van der Waals surface area contributed by atoms with Crippen molar-refractivity contribution < 1.29 is 19.1 Å². The summed E-state index contributed by atoms with van der Waals surface area (Å²) in [6.45, 7) is 2.01. The minimum Gasteiger partial charge on any atom is -0.462 e. The van der Waals surface area contributed by atoms with Crippen LogP contribution in [-0.2, 0) is 14.3 Å². The largest absolute Gasteiger partial charge is 0.462 e. The lowest BCUT2D eigenvalue weighted by atomic mass is 10.2. The summed E-state index contributed by atoms with van der Waals surface area (Å²) >= 11 is 2.15. The summed E-state index contributed by atoms with van der Waals surface area (Å²) in [6.07, 6.45) is 0. The molecule has 6 nitrogen and oxygen atoms in total. The highest BCUT2D eigenvalue weighted by atomic mass is 127. The lowest BCUT2D eigenvalue weighted by Gasteiger charge is -2.07. The number of ether oxygens (including phenoxy) is 1. The van der Waals surface area contributed by atoms with E-state index in [0.29, 0.717) is 16.9 Å². The molecule has 0 aromatic heterocycles. The molecule has 0 atom stereocenters. The van der Waals surface area contributed by atoms with Gasteiger partial charge in [0, 0.05) is 14.9 Å². The van der Waals surface area contributed by atoms with Crippen molar-refractivity contribution in [3.05, 3.63) is 57.7 Å². The molecule has 24 heavy (non-hydrogen) atoms. The molecular formula is C17H15IN2O4. The average molecular weight is 438 g/mol. The van der Waals surface area contributed by atoms with Gasteiger partial charge in [-0.05, 0) is 78.0 Å². The van der Waals surface area contributed by atoms with E-state index in [4.69, 9.17) is 4.74 Å². The number of carbonyl (C=O) groups is 3. The van der Waals surface area contributed by atoms with Gasteiger partial charge in [0.2, 0.25) is 0 Å². The van der Waals surface area contributed by atoms with Crippen LogP contribution in [0.5, 0.6) is 0 Å². The van der Waals surface area contributed by atoms with Gasteiger partial charge in [-0.1, -0.05) is 0 Å². The smallest absolute Gasteiger partial charge is 0.338 e. The maximum Gasteiger partial charge on any atom is 0.338 e. The van der Waals surface area contributed by atoms with Crippen LogP contribution in [0.2, 0.25) is 0 Å². The first-order valence-corrected chi connectivity index (χ1v) is 8.22. The van der Waals surface area contributed by atoms with Crippen molar-refractivity contribution in [3.8, 4) is 0 Å². The molecule has 2 rings (SSSR count). The highest BCUT2D eigenvalue weighted by Gasteiger charge is 2.14. The summed E-state index contributed by atoms with van der Waals surface area (Å²) in [5.41, 5.74) is 1.32. The molecule has 7 heteroatoms. The van der Waals surface area contributed by atoms with E-state index in [-0.39, 0.29) is 6.61 Å². The fourth-order valence-corrected chi connectivity index (χ4v) is 2.17. The zero-order valence-electron chi connectivity index (χ0n) is 12.8. The predicted octanol–water partition coefficient (Wildman–Crippen LogP) is 3.05. The lowest BCUT2D eigenvalue weighted by molar-refractivity contribution is -0.132. The lowest BCUT2D eigenvalue weighted by Crippen LogP contribution is -2.29. The van der Waals surface area contributed by atoms with Gasteiger partial charge in [0.15, 0.2) is 0 Å². The number of esters is 1. The number of benzene rings is 2. The highest BCUT2D eigenvalue weighted by Crippen LogP contribution is 2.13. The van der Waals surface area contributed by atoms with Crippen LogP contribution in [0.3, 0.4) is 0 Å². The Hall–Kier alpha value is -2.42. The molecule has 0 heterocycles. The monoisotopic (exact) mass is 438 g/mol. The molecule has 0 aliphatic rings. The molecule has 0 unspecified atom stereocenters. The van der Waals surface area contributed by atoms with Gasteiger partial charge in [-0.25, -0.2) is 4.79 Å². The normalized spacial score (nSPS) is 9.92. The zero-order chi connectivity index (χ0) is 17.5. The topological polar surface area (TPSA) is 84.5 Å². The second-order valence-corrected chi connectivity index (χ2v) is 5.96. The molecule has 124 valence electrons. The van der Waals surface area contributed by atoms with Crippen molar-refractivity contribution in [2.45, 2.75) is 6.92 Å². The van der Waals surface area contributed by atoms with Crippen molar-refractivity contribution in [3.63, 3.8) is 0 Å². The molecule has 0 aliphatic carbocycles. The van der Waals surface area contributed by atoms with Crippen LogP contribution < -0.4 is 10.6 Å². The first-order chi connectivity index (χ1) is 11.5. The van der Waals surface area contributed by atoms with Crippen LogP contribution in [0.4, 0.5) is 11.4 Å². The van der Waals surface area contributed by atoms with E-state index in [1.54, 1.807) is 19.1 Å². The van der Waals surface area contributed by atoms with Gasteiger partial charge in [-0.15, -0.1) is 0 Å². The summed E-state index contributed by atoms with van der Waals surface area (Å²) < 4.78 is 5.90. The molecule has 0 saturated heterocycles. The van der Waals surface area contributed by atoms with Crippen molar-refractivity contribution >= 4 is 51.7 Å². The van der Waals surface area contributed by atoms with Gasteiger partial charge in [-0.3, -0.25) is 9.59 Å². The molecule has 2 aromatic carbocycles. The average Bonchev–Trinajstić information content (AvgIpc) is 2.57. The van der Waals surface area contributed by atoms with E-state index in [1.807, 2.05) is 12.1 Å². The Bertz CT molecular complexity index is 742. The van der Waals surface area contributed by atoms with Crippen LogP contribution in [-0.4, -0.2) is 24.4 Å². The Morgan fingerprint density at radius 2 is 1.33 bits per heavy atom. The Morgan fingerprint density at radius 3 is 1.79 bits per heavy atom. The second kappa shape index (κ2) is 8.44. The molecule has 2 N–H and O–H groups in total. The van der Waals surface area contributed by atoms with E-state index in [2.05, 4.69) is 33.2 Å². The molecule has 2 amide bonds. The van der Waals surface area contributed by atoms with Gasteiger partial charge >= 0.3 is 17.8 Å². The first-order valence-electron chi connectivity index (χ1n) is 7.14. The second-order valence-electron chi connectivity index (χ2n) is 4.71. The van der Waals surface area contributed by atoms with Crippen LogP contribution in [0.15, 0.2) is 48.5 Å². The molecule has 0 aliphatic heterocycles. The standard InChI is InChI=1S/C17H15IN2O4/c1-2-24-17(23)11-3-7-13(8-4-11)19-15(21)16(22)20-14-9-5-12(18)6-10-14/h3-10H,2H2,1H3,(H,19,21)(H,20,22). The summed E-state index contributed by atoms with van der Waals surface area (Å²) in [5.74, 6) is -2.00. The quantitative estimate of drug-likeness (QED) is 0.437. The van der Waals surface area contributed by atoms with Crippen molar-refractivity contribution in [1.29, 1.82) is 0 Å². The molecule has 0 bridgehead atoms. The van der Waals surface area contributed by atoms with Gasteiger partial charge in [0.05, 0.1) is 12.2 Å². The molecular weight excluding hydrogens is 423 g/mol. The number of rotatable bonds is 4. The highest BCUT2D eigenvalue weighted by molar-refractivity contribution is 14.1. The van der Waals surface area contributed by atoms with Crippen LogP contribution in [0, 0.1) is 3.57 Å². The molecule has 0 spiro atoms. The minimum absolute atomic E-state index is 0.288. The van der Waals surface area contributed by atoms with E-state index in [0.717, 1.165) is 3.57 Å². The van der Waals surface area contributed by atoms with Gasteiger partial charge in [0.1, 0.15) is 0 Å². The van der Waals surface area contributed by atoms with Crippen LogP contribution >= 0.6 is 22.6 Å². The van der Waals surface area contributed by atoms with Gasteiger partial charge in [0.25, 0.3) is 0 Å². The maximum atomic E-state index is 11.9.